The molecular weight excluding hydrogens is 817 g/mol. The van der Waals surface area contributed by atoms with Crippen LogP contribution in [0.25, 0.3) is 0 Å². The monoisotopic (exact) mass is 917 g/mol. The molecule has 0 N–H and O–H groups in total. The van der Waals surface area contributed by atoms with Gasteiger partial charge in [-0.05, 0) is 89.9 Å². The molecule has 0 spiro atoms. The first kappa shape index (κ1) is 62.3. The van der Waals surface area contributed by atoms with E-state index in [1.165, 1.54) is 122 Å². The smallest absolute Gasteiger partial charge is 0.306 e. The first-order chi connectivity index (χ1) is 32.5. The highest BCUT2D eigenvalue weighted by molar-refractivity contribution is 5.71. The largest absolute Gasteiger partial charge is 0.462 e. The Morgan fingerprint density at radius 2 is 0.591 bits per heavy atom. The molecule has 0 rings (SSSR count). The van der Waals surface area contributed by atoms with E-state index in [1.807, 2.05) is 36.5 Å². The van der Waals surface area contributed by atoms with E-state index in [4.69, 9.17) is 14.2 Å². The third kappa shape index (κ3) is 51.3. The molecule has 0 aliphatic heterocycles. The van der Waals surface area contributed by atoms with Crippen LogP contribution in [0.4, 0.5) is 0 Å². The summed E-state index contributed by atoms with van der Waals surface area (Å²) in [4.78, 5) is 38.0. The Morgan fingerprint density at radius 1 is 0.318 bits per heavy atom. The van der Waals surface area contributed by atoms with Gasteiger partial charge in [-0.1, -0.05) is 234 Å². The van der Waals surface area contributed by atoms with Crippen LogP contribution in [0.15, 0.2) is 97.2 Å². The molecule has 0 aromatic rings. The summed E-state index contributed by atoms with van der Waals surface area (Å²) >= 11 is 0. The van der Waals surface area contributed by atoms with E-state index in [9.17, 15) is 14.4 Å². The van der Waals surface area contributed by atoms with Gasteiger partial charge < -0.3 is 14.2 Å². The summed E-state index contributed by atoms with van der Waals surface area (Å²) in [6, 6.07) is 0. The molecule has 66 heavy (non-hydrogen) atoms. The lowest BCUT2D eigenvalue weighted by Gasteiger charge is -2.18. The molecule has 6 heteroatoms. The van der Waals surface area contributed by atoms with Crippen molar-refractivity contribution in [3.63, 3.8) is 0 Å². The summed E-state index contributed by atoms with van der Waals surface area (Å²) < 4.78 is 16.8. The molecule has 6 nitrogen and oxygen atoms in total. The molecular formula is C60H100O6. The van der Waals surface area contributed by atoms with Crippen molar-refractivity contribution in [3.05, 3.63) is 97.2 Å². The molecule has 0 aromatic heterocycles. The minimum atomic E-state index is -0.810. The summed E-state index contributed by atoms with van der Waals surface area (Å²) in [7, 11) is 0. The number of rotatable bonds is 48. The van der Waals surface area contributed by atoms with Gasteiger partial charge in [0.05, 0.1) is 0 Å². The van der Waals surface area contributed by atoms with E-state index < -0.39 is 6.10 Å². The zero-order valence-electron chi connectivity index (χ0n) is 42.9. The van der Waals surface area contributed by atoms with Crippen LogP contribution in [0, 0.1) is 0 Å². The molecule has 376 valence electrons. The Bertz CT molecular complexity index is 1330. The molecule has 0 aliphatic carbocycles. The Kier molecular flexibility index (Phi) is 50.9. The molecule has 0 aromatic carbocycles. The molecule has 0 amide bonds. The zero-order valence-corrected chi connectivity index (χ0v) is 42.9. The maximum absolute atomic E-state index is 12.8. The second-order valence-corrected chi connectivity index (χ2v) is 17.9. The van der Waals surface area contributed by atoms with Gasteiger partial charge in [-0.15, -0.1) is 0 Å². The van der Waals surface area contributed by atoms with E-state index in [1.54, 1.807) is 0 Å². The predicted molar refractivity (Wildman–Crippen MR) is 284 cm³/mol. The molecule has 0 bridgehead atoms. The normalized spacial score (nSPS) is 12.8. The standard InChI is InChI=1S/C60H100O6/c1-4-7-10-13-16-19-22-25-27-29-30-31-33-35-38-41-44-47-50-53-59(62)65-56-57(55-64-58(61)52-49-46-43-40-37-34-24-21-18-15-12-9-6-3)66-60(63)54-51-48-45-42-39-36-32-28-26-23-20-17-14-11-8-5-2/h9,12,15-16,18-19,21-22,24-25,28,32,34,36-37,39,57H,4-8,10-11,13-14,17,20,23,26-27,29-31,33,35,38,40-56H2,1-3H3/b12-9-,18-15-,19-16-,24-21-,25-22-,32-28-,37-34-,39-36-. The van der Waals surface area contributed by atoms with Crippen molar-refractivity contribution in [1.29, 1.82) is 0 Å². The number of carbonyl (C=O) groups excluding carboxylic acids is 3. The topological polar surface area (TPSA) is 78.9 Å². The molecule has 0 radical (unpaired) electrons. The van der Waals surface area contributed by atoms with Crippen LogP contribution in [0.2, 0.25) is 0 Å². The molecule has 0 saturated heterocycles. The van der Waals surface area contributed by atoms with Crippen molar-refractivity contribution in [3.8, 4) is 0 Å². The molecule has 0 fully saturated rings. The van der Waals surface area contributed by atoms with Gasteiger partial charge in [0.1, 0.15) is 13.2 Å². The fraction of sp³-hybridized carbons (Fsp3) is 0.683. The average molecular weight is 917 g/mol. The van der Waals surface area contributed by atoms with Crippen LogP contribution in [-0.2, 0) is 28.6 Å². The van der Waals surface area contributed by atoms with E-state index in [2.05, 4.69) is 81.5 Å². The highest BCUT2D eigenvalue weighted by Crippen LogP contribution is 2.14. The lowest BCUT2D eigenvalue weighted by atomic mass is 10.1. The number of ether oxygens (including phenoxy) is 3. The van der Waals surface area contributed by atoms with Gasteiger partial charge in [-0.3, -0.25) is 14.4 Å². The van der Waals surface area contributed by atoms with Crippen molar-refractivity contribution >= 4 is 17.9 Å². The Hall–Kier alpha value is -3.67. The quantitative estimate of drug-likeness (QED) is 0.0262. The van der Waals surface area contributed by atoms with Crippen LogP contribution in [-0.4, -0.2) is 37.2 Å². The van der Waals surface area contributed by atoms with Gasteiger partial charge >= 0.3 is 17.9 Å². The molecule has 1 atom stereocenters. The Labute approximate surface area is 407 Å². The van der Waals surface area contributed by atoms with Gasteiger partial charge in [0.25, 0.3) is 0 Å². The maximum Gasteiger partial charge on any atom is 0.306 e. The maximum atomic E-state index is 12.8. The Morgan fingerprint density at radius 3 is 0.985 bits per heavy atom. The van der Waals surface area contributed by atoms with Crippen molar-refractivity contribution in [1.82, 2.24) is 0 Å². The SMILES string of the molecule is CC\C=C/C=C\C=C/C=C\CCCCCC(=O)OCC(COC(=O)CCCCCCCCCCCC/C=C\C=C/CCCCC)OC(=O)CCCCC/C=C\C=C/CCCCCCCCC. The summed E-state index contributed by atoms with van der Waals surface area (Å²) in [6.45, 7) is 6.41. The number of carbonyl (C=O) groups is 3. The fourth-order valence-electron chi connectivity index (χ4n) is 7.32. The zero-order chi connectivity index (χ0) is 47.9. The first-order valence-electron chi connectivity index (χ1n) is 27.3. The van der Waals surface area contributed by atoms with Crippen LogP contribution in [0.3, 0.4) is 0 Å². The highest BCUT2D eigenvalue weighted by atomic mass is 16.6. The number of hydrogen-bond donors (Lipinski definition) is 0. The van der Waals surface area contributed by atoms with Crippen LogP contribution < -0.4 is 0 Å². The predicted octanol–water partition coefficient (Wildman–Crippen LogP) is 18.1. The van der Waals surface area contributed by atoms with Crippen molar-refractivity contribution in [2.45, 2.75) is 252 Å². The summed E-state index contributed by atoms with van der Waals surface area (Å²) in [5.41, 5.74) is 0. The van der Waals surface area contributed by atoms with Gasteiger partial charge in [0, 0.05) is 19.3 Å². The van der Waals surface area contributed by atoms with E-state index >= 15 is 0 Å². The number of esters is 3. The van der Waals surface area contributed by atoms with Crippen LogP contribution >= 0.6 is 0 Å². The summed E-state index contributed by atoms with van der Waals surface area (Å²) in [5, 5.41) is 0. The molecule has 0 saturated carbocycles. The number of allylic oxidation sites excluding steroid dienone is 16. The van der Waals surface area contributed by atoms with E-state index in [0.29, 0.717) is 12.8 Å². The number of hydrogen-bond acceptors (Lipinski definition) is 6. The molecule has 1 unspecified atom stereocenters. The molecule has 0 aliphatic rings. The van der Waals surface area contributed by atoms with Crippen molar-refractivity contribution in [2.24, 2.45) is 0 Å². The lowest BCUT2D eigenvalue weighted by Crippen LogP contribution is -2.30. The summed E-state index contributed by atoms with van der Waals surface area (Å²) in [6.07, 6.45) is 71.1. The molecule has 0 heterocycles. The minimum Gasteiger partial charge on any atom is -0.462 e. The van der Waals surface area contributed by atoms with Crippen molar-refractivity contribution in [2.75, 3.05) is 13.2 Å². The Balaban J connectivity index is 4.46. The number of unbranched alkanes of at least 4 members (excludes halogenated alkanes) is 26. The third-order valence-electron chi connectivity index (χ3n) is 11.4. The van der Waals surface area contributed by atoms with Crippen LogP contribution in [0.5, 0.6) is 0 Å². The fourth-order valence-corrected chi connectivity index (χ4v) is 7.32. The first-order valence-corrected chi connectivity index (χ1v) is 27.3. The second-order valence-electron chi connectivity index (χ2n) is 17.9. The van der Waals surface area contributed by atoms with Crippen molar-refractivity contribution < 1.29 is 28.6 Å². The van der Waals surface area contributed by atoms with Gasteiger partial charge in [-0.2, -0.15) is 0 Å². The average Bonchev–Trinajstić information content (AvgIpc) is 3.31. The minimum absolute atomic E-state index is 0.104. The lowest BCUT2D eigenvalue weighted by molar-refractivity contribution is -0.167. The van der Waals surface area contributed by atoms with E-state index in [-0.39, 0.29) is 37.5 Å². The second kappa shape index (κ2) is 53.9. The summed E-state index contributed by atoms with van der Waals surface area (Å²) in [5.74, 6) is -0.974. The van der Waals surface area contributed by atoms with Gasteiger partial charge in [-0.25, -0.2) is 0 Å². The highest BCUT2D eigenvalue weighted by Gasteiger charge is 2.19. The van der Waals surface area contributed by atoms with Gasteiger partial charge in [0.15, 0.2) is 6.10 Å². The van der Waals surface area contributed by atoms with Crippen LogP contribution in [0.1, 0.15) is 245 Å². The van der Waals surface area contributed by atoms with E-state index in [0.717, 1.165) is 83.5 Å². The third-order valence-corrected chi connectivity index (χ3v) is 11.4. The van der Waals surface area contributed by atoms with Gasteiger partial charge in [0.2, 0.25) is 0 Å².